The largest absolute Gasteiger partial charge is 0.496 e. The predicted molar refractivity (Wildman–Crippen MR) is 82.1 cm³/mol. The molecule has 5 heteroatoms. The van der Waals surface area contributed by atoms with Gasteiger partial charge in [-0.05, 0) is 37.4 Å². The maximum absolute atomic E-state index is 12.5. The van der Waals surface area contributed by atoms with Crippen LogP contribution in [-0.4, -0.2) is 39.3 Å². The van der Waals surface area contributed by atoms with E-state index < -0.39 is 0 Å². The van der Waals surface area contributed by atoms with Crippen molar-refractivity contribution in [2.45, 2.75) is 25.8 Å². The Hall–Kier alpha value is -1.75. The zero-order chi connectivity index (χ0) is 15.2. The van der Waals surface area contributed by atoms with Crippen molar-refractivity contribution >= 4 is 5.91 Å². The maximum atomic E-state index is 12.5. The topological polar surface area (TPSA) is 59.6 Å². The second-order valence-corrected chi connectivity index (χ2v) is 5.43. The summed E-state index contributed by atoms with van der Waals surface area (Å²) >= 11 is 0. The average molecular weight is 292 g/mol. The van der Waals surface area contributed by atoms with Gasteiger partial charge in [-0.1, -0.05) is 13.0 Å². The molecule has 116 valence electrons. The van der Waals surface area contributed by atoms with Crippen molar-refractivity contribution in [3.63, 3.8) is 0 Å². The van der Waals surface area contributed by atoms with E-state index in [0.717, 1.165) is 6.54 Å². The number of nitrogens with one attached hydrogen (secondary N) is 2. The number of ether oxygens (including phenoxy) is 2. The average Bonchev–Trinajstić information content (AvgIpc) is 2.52. The van der Waals surface area contributed by atoms with Crippen LogP contribution in [0, 0.1) is 5.92 Å². The number of amides is 1. The van der Waals surface area contributed by atoms with E-state index in [0.29, 0.717) is 35.6 Å². The third-order valence-corrected chi connectivity index (χ3v) is 4.07. The Morgan fingerprint density at radius 1 is 1.33 bits per heavy atom. The predicted octanol–water partition coefficient (Wildman–Crippen LogP) is 1.82. The Kier molecular flexibility index (Phi) is 5.44. The molecule has 1 aliphatic rings. The molecule has 5 nitrogen and oxygen atoms in total. The van der Waals surface area contributed by atoms with E-state index in [2.05, 4.69) is 17.6 Å². The molecular weight excluding hydrogens is 268 g/mol. The SMILES string of the molecule is COc1cccc(OC)c1C(=O)NCC1NCCCC1C. The number of piperidine rings is 1. The first-order chi connectivity index (χ1) is 10.2. The first-order valence-electron chi connectivity index (χ1n) is 7.40. The van der Waals surface area contributed by atoms with Crippen LogP contribution in [0.3, 0.4) is 0 Å². The number of rotatable bonds is 5. The Bertz CT molecular complexity index is 468. The molecule has 1 fully saturated rings. The molecule has 1 aromatic carbocycles. The van der Waals surface area contributed by atoms with Gasteiger partial charge in [0, 0.05) is 12.6 Å². The highest BCUT2D eigenvalue weighted by Crippen LogP contribution is 2.28. The number of hydrogen-bond donors (Lipinski definition) is 2. The van der Waals surface area contributed by atoms with Crippen LogP contribution in [0.4, 0.5) is 0 Å². The third-order valence-electron chi connectivity index (χ3n) is 4.07. The molecule has 1 heterocycles. The van der Waals surface area contributed by atoms with Gasteiger partial charge >= 0.3 is 0 Å². The number of carbonyl (C=O) groups excluding carboxylic acids is 1. The van der Waals surface area contributed by atoms with E-state index in [9.17, 15) is 4.79 Å². The Balaban J connectivity index is 2.06. The molecule has 1 saturated heterocycles. The maximum Gasteiger partial charge on any atom is 0.258 e. The molecule has 2 atom stereocenters. The molecule has 1 aromatic rings. The van der Waals surface area contributed by atoms with Crippen molar-refractivity contribution in [1.82, 2.24) is 10.6 Å². The molecule has 1 aliphatic heterocycles. The van der Waals surface area contributed by atoms with Crippen LogP contribution in [0.25, 0.3) is 0 Å². The van der Waals surface area contributed by atoms with Crippen LogP contribution < -0.4 is 20.1 Å². The van der Waals surface area contributed by atoms with Gasteiger partial charge in [0.05, 0.1) is 14.2 Å². The van der Waals surface area contributed by atoms with Gasteiger partial charge in [-0.3, -0.25) is 4.79 Å². The Morgan fingerprint density at radius 2 is 2.00 bits per heavy atom. The van der Waals surface area contributed by atoms with Gasteiger partial charge < -0.3 is 20.1 Å². The number of methoxy groups -OCH3 is 2. The fraction of sp³-hybridized carbons (Fsp3) is 0.562. The monoisotopic (exact) mass is 292 g/mol. The summed E-state index contributed by atoms with van der Waals surface area (Å²) in [5.74, 6) is 1.45. The van der Waals surface area contributed by atoms with E-state index in [1.165, 1.54) is 12.8 Å². The van der Waals surface area contributed by atoms with Crippen LogP contribution in [0.2, 0.25) is 0 Å². The Morgan fingerprint density at radius 3 is 2.57 bits per heavy atom. The lowest BCUT2D eigenvalue weighted by molar-refractivity contribution is 0.0937. The summed E-state index contributed by atoms with van der Waals surface area (Å²) in [6, 6.07) is 5.65. The molecule has 0 aliphatic carbocycles. The number of hydrogen-bond acceptors (Lipinski definition) is 4. The summed E-state index contributed by atoms with van der Waals surface area (Å²) in [6.07, 6.45) is 2.40. The number of carbonyl (C=O) groups is 1. The van der Waals surface area contributed by atoms with Gasteiger partial charge in [0.1, 0.15) is 17.1 Å². The van der Waals surface area contributed by atoms with Crippen molar-refractivity contribution < 1.29 is 14.3 Å². The quantitative estimate of drug-likeness (QED) is 0.869. The van der Waals surface area contributed by atoms with Crippen LogP contribution in [-0.2, 0) is 0 Å². The lowest BCUT2D eigenvalue weighted by Crippen LogP contribution is -2.47. The smallest absolute Gasteiger partial charge is 0.258 e. The summed E-state index contributed by atoms with van der Waals surface area (Å²) < 4.78 is 10.5. The highest BCUT2D eigenvalue weighted by molar-refractivity contribution is 5.99. The van der Waals surface area contributed by atoms with E-state index in [-0.39, 0.29) is 5.91 Å². The standard InChI is InChI=1S/C16H24N2O3/c1-11-6-5-9-17-12(11)10-18-16(19)15-13(20-2)7-4-8-14(15)21-3/h4,7-8,11-12,17H,5-6,9-10H2,1-3H3,(H,18,19). The minimum absolute atomic E-state index is 0.163. The minimum atomic E-state index is -0.163. The van der Waals surface area contributed by atoms with Crippen molar-refractivity contribution in [2.24, 2.45) is 5.92 Å². The van der Waals surface area contributed by atoms with Crippen LogP contribution in [0.5, 0.6) is 11.5 Å². The second-order valence-electron chi connectivity index (χ2n) is 5.43. The summed E-state index contributed by atoms with van der Waals surface area (Å²) in [7, 11) is 3.10. The zero-order valence-corrected chi connectivity index (χ0v) is 12.9. The lowest BCUT2D eigenvalue weighted by atomic mass is 9.93. The third kappa shape index (κ3) is 3.67. The van der Waals surface area contributed by atoms with Crippen molar-refractivity contribution in [3.05, 3.63) is 23.8 Å². The minimum Gasteiger partial charge on any atom is -0.496 e. The molecule has 0 saturated carbocycles. The van der Waals surface area contributed by atoms with Crippen LogP contribution in [0.1, 0.15) is 30.1 Å². The summed E-state index contributed by atoms with van der Waals surface area (Å²) in [6.45, 7) is 3.84. The van der Waals surface area contributed by atoms with E-state index in [1.54, 1.807) is 32.4 Å². The van der Waals surface area contributed by atoms with Crippen molar-refractivity contribution in [3.8, 4) is 11.5 Å². The van der Waals surface area contributed by atoms with Gasteiger partial charge in [0.25, 0.3) is 5.91 Å². The van der Waals surface area contributed by atoms with Gasteiger partial charge in [0.15, 0.2) is 0 Å². The first-order valence-corrected chi connectivity index (χ1v) is 7.40. The van der Waals surface area contributed by atoms with Crippen LogP contribution >= 0.6 is 0 Å². The molecule has 0 bridgehead atoms. The number of benzene rings is 1. The molecule has 2 rings (SSSR count). The fourth-order valence-corrected chi connectivity index (χ4v) is 2.75. The fourth-order valence-electron chi connectivity index (χ4n) is 2.75. The summed E-state index contributed by atoms with van der Waals surface area (Å²) in [5, 5.41) is 6.44. The Labute approximate surface area is 126 Å². The molecule has 0 spiro atoms. The van der Waals surface area contributed by atoms with Crippen molar-refractivity contribution in [2.75, 3.05) is 27.3 Å². The summed E-state index contributed by atoms with van der Waals surface area (Å²) in [4.78, 5) is 12.5. The van der Waals surface area contributed by atoms with E-state index >= 15 is 0 Å². The molecule has 0 radical (unpaired) electrons. The summed E-state index contributed by atoms with van der Waals surface area (Å²) in [5.41, 5.74) is 0.450. The molecule has 1 amide bonds. The molecular formula is C16H24N2O3. The van der Waals surface area contributed by atoms with Gasteiger partial charge in [-0.2, -0.15) is 0 Å². The van der Waals surface area contributed by atoms with Crippen molar-refractivity contribution in [1.29, 1.82) is 0 Å². The first kappa shape index (κ1) is 15.6. The van der Waals surface area contributed by atoms with Crippen LogP contribution in [0.15, 0.2) is 18.2 Å². The second kappa shape index (κ2) is 7.31. The van der Waals surface area contributed by atoms with E-state index in [4.69, 9.17) is 9.47 Å². The zero-order valence-electron chi connectivity index (χ0n) is 12.9. The molecule has 0 aromatic heterocycles. The lowest BCUT2D eigenvalue weighted by Gasteiger charge is -2.30. The van der Waals surface area contributed by atoms with Gasteiger partial charge in [-0.25, -0.2) is 0 Å². The molecule has 2 N–H and O–H groups in total. The highest BCUT2D eigenvalue weighted by atomic mass is 16.5. The normalized spacial score (nSPS) is 21.7. The molecule has 2 unspecified atom stereocenters. The van der Waals surface area contributed by atoms with Gasteiger partial charge in [0.2, 0.25) is 0 Å². The molecule has 21 heavy (non-hydrogen) atoms. The van der Waals surface area contributed by atoms with Gasteiger partial charge in [-0.15, -0.1) is 0 Å². The van der Waals surface area contributed by atoms with E-state index in [1.807, 2.05) is 0 Å². The highest BCUT2D eigenvalue weighted by Gasteiger charge is 2.23.